The molecule has 1 saturated heterocycles. The lowest BCUT2D eigenvalue weighted by Crippen LogP contribution is -2.50. The number of rotatable bonds is 7. The van der Waals surface area contributed by atoms with Gasteiger partial charge < -0.3 is 14.2 Å². The molecule has 4 heteroatoms. The highest BCUT2D eigenvalue weighted by atomic mass is 16.7. The first-order chi connectivity index (χ1) is 17.3. The molecule has 4 nitrogen and oxygen atoms in total. The molecule has 5 aliphatic rings. The van der Waals surface area contributed by atoms with Gasteiger partial charge in [-0.05, 0) is 125 Å². The normalized spacial score (nSPS) is 42.7. The molecule has 4 fully saturated rings. The van der Waals surface area contributed by atoms with E-state index in [0.29, 0.717) is 29.3 Å². The number of methoxy groups -OCH3 is 1. The van der Waals surface area contributed by atoms with Gasteiger partial charge in [-0.3, -0.25) is 4.79 Å². The molecule has 202 valence electrons. The molecule has 1 heterocycles. The van der Waals surface area contributed by atoms with Crippen LogP contribution in [0.5, 0.6) is 0 Å². The number of hydrogen-bond donors (Lipinski definition) is 0. The summed E-state index contributed by atoms with van der Waals surface area (Å²) in [6, 6.07) is 0. The smallest absolute Gasteiger partial charge is 0.305 e. The number of ether oxygens (including phenoxy) is 3. The van der Waals surface area contributed by atoms with Crippen LogP contribution in [-0.2, 0) is 19.0 Å². The summed E-state index contributed by atoms with van der Waals surface area (Å²) in [5.74, 6) is 3.14. The number of carbonyl (C=O) groups excluding carboxylic acids is 1. The lowest BCUT2D eigenvalue weighted by Gasteiger charge is -2.58. The van der Waals surface area contributed by atoms with Crippen molar-refractivity contribution >= 4 is 5.97 Å². The number of carbonyl (C=O) groups is 1. The highest BCUT2D eigenvalue weighted by molar-refractivity contribution is 5.69. The van der Waals surface area contributed by atoms with Gasteiger partial charge in [0, 0.05) is 13.0 Å². The molecule has 8 unspecified atom stereocenters. The van der Waals surface area contributed by atoms with Crippen molar-refractivity contribution in [2.75, 3.05) is 13.7 Å². The fourth-order valence-corrected chi connectivity index (χ4v) is 9.35. The highest BCUT2D eigenvalue weighted by Crippen LogP contribution is 2.67. The zero-order valence-electron chi connectivity index (χ0n) is 23.4. The monoisotopic (exact) mass is 498 g/mol. The van der Waals surface area contributed by atoms with Crippen molar-refractivity contribution in [3.8, 4) is 0 Å². The molecule has 8 atom stereocenters. The van der Waals surface area contributed by atoms with E-state index in [-0.39, 0.29) is 12.3 Å². The Hall–Kier alpha value is -1.13. The second-order valence-electron chi connectivity index (χ2n) is 13.1. The topological polar surface area (TPSA) is 44.8 Å². The van der Waals surface area contributed by atoms with Gasteiger partial charge in [-0.25, -0.2) is 0 Å². The standard InChI is InChI=1S/C32H50O4/c1-22(9-5-6-10-29(33)34-4)26-14-15-27-25-13-12-23-21-24(36-30-11-7-8-20-35-30)16-18-31(23,2)28(25)17-19-32(26,27)3/h9,12,24-28,30H,5-8,10-11,13-21H2,1-4H3/b22-9+. The van der Waals surface area contributed by atoms with Crippen molar-refractivity contribution in [2.45, 2.75) is 123 Å². The van der Waals surface area contributed by atoms with Crippen LogP contribution in [0.15, 0.2) is 23.3 Å². The van der Waals surface area contributed by atoms with Crippen molar-refractivity contribution in [2.24, 2.45) is 34.5 Å². The molecule has 0 N–H and O–H groups in total. The van der Waals surface area contributed by atoms with E-state index in [2.05, 4.69) is 32.9 Å². The minimum absolute atomic E-state index is 0.0348. The second kappa shape index (κ2) is 10.9. The molecule has 3 saturated carbocycles. The van der Waals surface area contributed by atoms with Crippen molar-refractivity contribution in [3.63, 3.8) is 0 Å². The lowest BCUT2D eigenvalue weighted by atomic mass is 9.47. The fourth-order valence-electron chi connectivity index (χ4n) is 9.35. The van der Waals surface area contributed by atoms with Gasteiger partial charge in [0.15, 0.2) is 6.29 Å². The maximum atomic E-state index is 11.5. The fraction of sp³-hybridized carbons (Fsp3) is 0.844. The molecule has 0 spiro atoms. The molecule has 0 radical (unpaired) electrons. The van der Waals surface area contributed by atoms with E-state index in [9.17, 15) is 4.79 Å². The third-order valence-corrected chi connectivity index (χ3v) is 11.4. The van der Waals surface area contributed by atoms with E-state index in [0.717, 1.165) is 50.0 Å². The third-order valence-electron chi connectivity index (χ3n) is 11.4. The average Bonchev–Trinajstić information content (AvgIpc) is 3.24. The van der Waals surface area contributed by atoms with Gasteiger partial charge in [-0.15, -0.1) is 0 Å². The van der Waals surface area contributed by atoms with Crippen LogP contribution < -0.4 is 0 Å². The van der Waals surface area contributed by atoms with Crippen molar-refractivity contribution in [3.05, 3.63) is 23.3 Å². The van der Waals surface area contributed by atoms with Gasteiger partial charge in [0.1, 0.15) is 0 Å². The molecule has 4 aliphatic carbocycles. The maximum absolute atomic E-state index is 11.5. The molecule has 0 aromatic carbocycles. The first-order valence-electron chi connectivity index (χ1n) is 15.0. The van der Waals surface area contributed by atoms with Gasteiger partial charge in [0.05, 0.1) is 13.2 Å². The Balaban J connectivity index is 1.23. The summed E-state index contributed by atoms with van der Waals surface area (Å²) >= 11 is 0. The number of fused-ring (bicyclic) bond motifs is 5. The van der Waals surface area contributed by atoms with Crippen molar-refractivity contribution in [1.29, 1.82) is 0 Å². The molecule has 0 aromatic rings. The Morgan fingerprint density at radius 1 is 1.11 bits per heavy atom. The Kier molecular flexibility index (Phi) is 8.04. The molecule has 36 heavy (non-hydrogen) atoms. The summed E-state index contributed by atoms with van der Waals surface area (Å²) in [6.45, 7) is 8.45. The van der Waals surface area contributed by atoms with Crippen LogP contribution in [-0.4, -0.2) is 32.1 Å². The van der Waals surface area contributed by atoms with Gasteiger partial charge in [0.2, 0.25) is 0 Å². The third kappa shape index (κ3) is 4.98. The molecular formula is C32H50O4. The highest BCUT2D eigenvalue weighted by Gasteiger charge is 2.58. The van der Waals surface area contributed by atoms with Crippen LogP contribution in [0.4, 0.5) is 0 Å². The largest absolute Gasteiger partial charge is 0.469 e. The molecule has 1 aliphatic heterocycles. The molecule has 0 aromatic heterocycles. The van der Waals surface area contributed by atoms with Gasteiger partial charge in [-0.1, -0.05) is 37.1 Å². The summed E-state index contributed by atoms with van der Waals surface area (Å²) in [7, 11) is 1.48. The number of hydrogen-bond acceptors (Lipinski definition) is 4. The summed E-state index contributed by atoms with van der Waals surface area (Å²) in [4.78, 5) is 11.5. The van der Waals surface area contributed by atoms with Crippen LogP contribution in [0.2, 0.25) is 0 Å². The number of unbranched alkanes of at least 4 members (excludes halogenated alkanes) is 1. The quantitative estimate of drug-likeness (QED) is 0.204. The van der Waals surface area contributed by atoms with Gasteiger partial charge >= 0.3 is 5.97 Å². The number of allylic oxidation sites excluding steroid dienone is 3. The first kappa shape index (κ1) is 26.5. The Bertz CT molecular complexity index is 854. The van der Waals surface area contributed by atoms with Crippen molar-refractivity contribution in [1.82, 2.24) is 0 Å². The predicted octanol–water partition coefficient (Wildman–Crippen LogP) is 7.77. The van der Waals surface area contributed by atoms with Crippen LogP contribution in [0.3, 0.4) is 0 Å². The van der Waals surface area contributed by atoms with Gasteiger partial charge in [0.25, 0.3) is 0 Å². The van der Waals surface area contributed by atoms with E-state index in [4.69, 9.17) is 14.2 Å². The summed E-state index contributed by atoms with van der Waals surface area (Å²) in [5, 5.41) is 0. The van der Waals surface area contributed by atoms with Crippen LogP contribution in [0.25, 0.3) is 0 Å². The lowest BCUT2D eigenvalue weighted by molar-refractivity contribution is -0.195. The molecule has 0 amide bonds. The van der Waals surface area contributed by atoms with E-state index in [1.807, 2.05) is 0 Å². The van der Waals surface area contributed by atoms with Crippen LogP contribution >= 0.6 is 0 Å². The van der Waals surface area contributed by atoms with Crippen LogP contribution in [0, 0.1) is 34.5 Å². The molecule has 0 bridgehead atoms. The minimum Gasteiger partial charge on any atom is -0.469 e. The minimum atomic E-state index is -0.0894. The average molecular weight is 499 g/mol. The van der Waals surface area contributed by atoms with E-state index < -0.39 is 0 Å². The molecular weight excluding hydrogens is 448 g/mol. The first-order valence-corrected chi connectivity index (χ1v) is 15.0. The second-order valence-corrected chi connectivity index (χ2v) is 13.1. The maximum Gasteiger partial charge on any atom is 0.305 e. The Morgan fingerprint density at radius 2 is 1.97 bits per heavy atom. The summed E-state index contributed by atoms with van der Waals surface area (Å²) in [5.41, 5.74) is 4.08. The van der Waals surface area contributed by atoms with Crippen molar-refractivity contribution < 1.29 is 19.0 Å². The zero-order chi connectivity index (χ0) is 25.3. The Labute approximate surface area is 219 Å². The predicted molar refractivity (Wildman–Crippen MR) is 143 cm³/mol. The van der Waals surface area contributed by atoms with Gasteiger partial charge in [-0.2, -0.15) is 0 Å². The van der Waals surface area contributed by atoms with E-state index in [1.54, 1.807) is 11.1 Å². The number of esters is 1. The summed E-state index contributed by atoms with van der Waals surface area (Å²) in [6.07, 6.45) is 21.7. The molecule has 5 rings (SSSR count). The SMILES string of the molecule is COC(=O)CCC/C=C(\C)C1CCC2C3CC=C4CC(OC5CCCCO5)CCC4(C)C3CCC12C. The summed E-state index contributed by atoms with van der Waals surface area (Å²) < 4.78 is 17.2. The van der Waals surface area contributed by atoms with Crippen LogP contribution in [0.1, 0.15) is 111 Å². The van der Waals surface area contributed by atoms with E-state index in [1.165, 1.54) is 64.9 Å². The Morgan fingerprint density at radius 3 is 2.75 bits per heavy atom. The zero-order valence-corrected chi connectivity index (χ0v) is 23.4. The van der Waals surface area contributed by atoms with E-state index >= 15 is 0 Å².